The minimum absolute atomic E-state index is 0.127. The van der Waals surface area contributed by atoms with E-state index in [1.54, 1.807) is 16.2 Å². The fourth-order valence-electron chi connectivity index (χ4n) is 3.78. The average molecular weight is 418 g/mol. The molecule has 0 atom stereocenters. The Morgan fingerprint density at radius 3 is 2.69 bits per heavy atom. The van der Waals surface area contributed by atoms with Crippen LogP contribution in [0.1, 0.15) is 37.6 Å². The van der Waals surface area contributed by atoms with Crippen molar-refractivity contribution in [3.8, 4) is 0 Å². The molecule has 1 aromatic carbocycles. The van der Waals surface area contributed by atoms with Gasteiger partial charge in [0.1, 0.15) is 12.2 Å². The van der Waals surface area contributed by atoms with E-state index >= 15 is 0 Å². The summed E-state index contributed by atoms with van der Waals surface area (Å²) in [7, 11) is 3.90. The second-order valence-corrected chi connectivity index (χ2v) is 7.94. The molecule has 0 unspecified atom stereocenters. The normalized spacial score (nSPS) is 14.4. The van der Waals surface area contributed by atoms with E-state index in [0.29, 0.717) is 23.9 Å². The molecule has 0 N–H and O–H groups in total. The van der Waals surface area contributed by atoms with Crippen molar-refractivity contribution in [1.29, 1.82) is 0 Å². The maximum absolute atomic E-state index is 11.8. The molecule has 2 aromatic rings. The Hall–Kier alpha value is -2.19. The van der Waals surface area contributed by atoms with Crippen LogP contribution in [-0.4, -0.2) is 52.0 Å². The first-order valence-corrected chi connectivity index (χ1v) is 10.7. The summed E-state index contributed by atoms with van der Waals surface area (Å²) in [6.07, 6.45) is 3.97. The molecule has 7 nitrogen and oxygen atoms in total. The number of aromatic nitrogens is 3. The number of nitrogens with zero attached hydrogens (tertiary/aromatic N) is 5. The van der Waals surface area contributed by atoms with E-state index in [9.17, 15) is 4.79 Å². The van der Waals surface area contributed by atoms with E-state index in [-0.39, 0.29) is 12.4 Å². The number of esters is 1. The van der Waals surface area contributed by atoms with E-state index in [0.717, 1.165) is 19.6 Å². The number of anilines is 1. The molecule has 158 valence electrons. The molecule has 1 aliphatic rings. The van der Waals surface area contributed by atoms with Crippen LogP contribution in [0.3, 0.4) is 0 Å². The maximum atomic E-state index is 11.8. The minimum Gasteiger partial charge on any atom is -0.466 e. The monoisotopic (exact) mass is 417 g/mol. The minimum atomic E-state index is -0.286. The number of ether oxygens (including phenoxy) is 1. The smallest absolute Gasteiger partial charge is 0.313 e. The summed E-state index contributed by atoms with van der Waals surface area (Å²) < 4.78 is 9.18. The SMILES string of the molecule is CCOC(=O)Cc1nn(CN(C)Cc2ccccc2N2CCCCC2)c(=S)n1C. The Bertz CT molecular complexity index is 885. The number of hydrogen-bond acceptors (Lipinski definition) is 6. The van der Waals surface area contributed by atoms with Crippen molar-refractivity contribution in [2.75, 3.05) is 31.6 Å². The number of piperidine rings is 1. The van der Waals surface area contributed by atoms with Crippen molar-refractivity contribution in [1.82, 2.24) is 19.2 Å². The lowest BCUT2D eigenvalue weighted by Gasteiger charge is -2.31. The zero-order valence-electron chi connectivity index (χ0n) is 17.6. The third-order valence-electron chi connectivity index (χ3n) is 5.24. The van der Waals surface area contributed by atoms with Gasteiger partial charge in [0.2, 0.25) is 0 Å². The molecule has 2 heterocycles. The number of benzene rings is 1. The van der Waals surface area contributed by atoms with Crippen LogP contribution in [0.5, 0.6) is 0 Å². The highest BCUT2D eigenvalue weighted by Gasteiger charge is 2.17. The Balaban J connectivity index is 1.69. The third kappa shape index (κ3) is 5.45. The molecule has 0 bridgehead atoms. The van der Waals surface area contributed by atoms with Gasteiger partial charge in [-0.15, -0.1) is 0 Å². The molecule has 0 aliphatic carbocycles. The van der Waals surface area contributed by atoms with E-state index in [1.165, 1.54) is 30.5 Å². The van der Waals surface area contributed by atoms with Gasteiger partial charge in [-0.3, -0.25) is 9.69 Å². The zero-order chi connectivity index (χ0) is 20.8. The number of rotatable bonds is 8. The van der Waals surface area contributed by atoms with Crippen molar-refractivity contribution < 1.29 is 9.53 Å². The molecule has 0 amide bonds. The molecule has 3 rings (SSSR count). The predicted octanol–water partition coefficient (Wildman–Crippen LogP) is 3.14. The Kier molecular flexibility index (Phi) is 7.44. The van der Waals surface area contributed by atoms with E-state index in [2.05, 4.69) is 46.2 Å². The summed E-state index contributed by atoms with van der Waals surface area (Å²) in [6, 6.07) is 8.63. The van der Waals surface area contributed by atoms with Crippen LogP contribution in [-0.2, 0) is 36.2 Å². The molecular formula is C21H31N5O2S. The van der Waals surface area contributed by atoms with Gasteiger partial charge >= 0.3 is 5.97 Å². The molecule has 1 saturated heterocycles. The zero-order valence-corrected chi connectivity index (χ0v) is 18.5. The van der Waals surface area contributed by atoms with Crippen LogP contribution in [0.15, 0.2) is 24.3 Å². The number of para-hydroxylation sites is 1. The van der Waals surface area contributed by atoms with Crippen LogP contribution < -0.4 is 4.90 Å². The van der Waals surface area contributed by atoms with Crippen molar-refractivity contribution in [3.05, 3.63) is 40.4 Å². The van der Waals surface area contributed by atoms with Crippen LogP contribution in [0.2, 0.25) is 0 Å². The van der Waals surface area contributed by atoms with E-state index in [1.807, 2.05) is 7.05 Å². The standard InChI is InChI=1S/C21H31N5O2S/c1-4-28-20(27)14-19-22-26(21(29)24(19)3)16-23(2)15-17-10-6-7-11-18(17)25-12-8-5-9-13-25/h6-7,10-11H,4-5,8-9,12-16H2,1-3H3. The van der Waals surface area contributed by atoms with Crippen molar-refractivity contribution >= 4 is 23.9 Å². The van der Waals surface area contributed by atoms with Gasteiger partial charge in [-0.1, -0.05) is 18.2 Å². The summed E-state index contributed by atoms with van der Waals surface area (Å²) in [5.41, 5.74) is 2.64. The third-order valence-corrected chi connectivity index (χ3v) is 5.73. The van der Waals surface area contributed by atoms with Gasteiger partial charge in [0.05, 0.1) is 13.3 Å². The van der Waals surface area contributed by atoms with Gasteiger partial charge in [-0.05, 0) is 57.1 Å². The molecule has 0 spiro atoms. The Labute approximate surface area is 177 Å². The number of carbonyl (C=O) groups excluding carboxylic acids is 1. The molecule has 1 aromatic heterocycles. The summed E-state index contributed by atoms with van der Waals surface area (Å²) in [5.74, 6) is 0.335. The molecule has 0 radical (unpaired) electrons. The average Bonchev–Trinajstić information content (AvgIpc) is 2.97. The predicted molar refractivity (Wildman–Crippen MR) is 116 cm³/mol. The molecule has 1 aliphatic heterocycles. The molecule has 29 heavy (non-hydrogen) atoms. The number of carbonyl (C=O) groups is 1. The van der Waals surface area contributed by atoms with Crippen LogP contribution >= 0.6 is 12.2 Å². The van der Waals surface area contributed by atoms with Crippen molar-refractivity contribution in [2.24, 2.45) is 7.05 Å². The Morgan fingerprint density at radius 2 is 1.97 bits per heavy atom. The first-order chi connectivity index (χ1) is 14.0. The fourth-order valence-corrected chi connectivity index (χ4v) is 3.98. The highest BCUT2D eigenvalue weighted by Crippen LogP contribution is 2.25. The van der Waals surface area contributed by atoms with Crippen molar-refractivity contribution in [2.45, 2.75) is 45.8 Å². The molecule has 1 fully saturated rings. The van der Waals surface area contributed by atoms with Crippen LogP contribution in [0, 0.1) is 4.77 Å². The second kappa shape index (κ2) is 10.0. The van der Waals surface area contributed by atoms with Gasteiger partial charge in [0, 0.05) is 32.4 Å². The largest absolute Gasteiger partial charge is 0.466 e. The lowest BCUT2D eigenvalue weighted by Crippen LogP contribution is -2.31. The van der Waals surface area contributed by atoms with E-state index < -0.39 is 0 Å². The second-order valence-electron chi connectivity index (χ2n) is 7.57. The lowest BCUT2D eigenvalue weighted by atomic mass is 10.1. The van der Waals surface area contributed by atoms with E-state index in [4.69, 9.17) is 17.0 Å². The van der Waals surface area contributed by atoms with Gasteiger partial charge < -0.3 is 14.2 Å². The van der Waals surface area contributed by atoms with Gasteiger partial charge in [-0.2, -0.15) is 5.10 Å². The summed E-state index contributed by atoms with van der Waals surface area (Å²) >= 11 is 5.52. The molecular weight excluding hydrogens is 386 g/mol. The highest BCUT2D eigenvalue weighted by molar-refractivity contribution is 7.71. The highest BCUT2D eigenvalue weighted by atomic mass is 32.1. The maximum Gasteiger partial charge on any atom is 0.313 e. The first kappa shape index (κ1) is 21.5. The first-order valence-electron chi connectivity index (χ1n) is 10.3. The summed E-state index contributed by atoms with van der Waals surface area (Å²) in [6.45, 7) is 5.78. The molecule has 0 saturated carbocycles. The van der Waals surface area contributed by atoms with Gasteiger partial charge in [0.25, 0.3) is 0 Å². The number of hydrogen-bond donors (Lipinski definition) is 0. The quantitative estimate of drug-likeness (QED) is 0.486. The van der Waals surface area contributed by atoms with Gasteiger partial charge in [0.15, 0.2) is 4.77 Å². The lowest BCUT2D eigenvalue weighted by molar-refractivity contribution is -0.142. The van der Waals surface area contributed by atoms with Gasteiger partial charge in [-0.25, -0.2) is 4.68 Å². The van der Waals surface area contributed by atoms with Crippen LogP contribution in [0.4, 0.5) is 5.69 Å². The topological polar surface area (TPSA) is 55.5 Å². The summed E-state index contributed by atoms with van der Waals surface area (Å²) in [5, 5.41) is 4.55. The molecule has 8 heteroatoms. The summed E-state index contributed by atoms with van der Waals surface area (Å²) in [4.78, 5) is 16.5. The Morgan fingerprint density at radius 1 is 1.24 bits per heavy atom. The van der Waals surface area contributed by atoms with Crippen molar-refractivity contribution in [3.63, 3.8) is 0 Å². The fraction of sp³-hybridized carbons (Fsp3) is 0.571. The van der Waals surface area contributed by atoms with Crippen LogP contribution in [0.25, 0.3) is 0 Å².